The SMILES string of the molecule is Cc1ccc(COCC2CN(c3cccc(CO)c3F)C2)cn1. The van der Waals surface area contributed by atoms with Crippen LogP contribution in [0.5, 0.6) is 0 Å². The largest absolute Gasteiger partial charge is 0.392 e. The average Bonchev–Trinajstić information content (AvgIpc) is 2.52. The summed E-state index contributed by atoms with van der Waals surface area (Å²) < 4.78 is 19.9. The second-order valence-electron chi connectivity index (χ2n) is 6.00. The van der Waals surface area contributed by atoms with Gasteiger partial charge in [-0.2, -0.15) is 0 Å². The minimum atomic E-state index is -0.319. The number of halogens is 1. The van der Waals surface area contributed by atoms with Crippen molar-refractivity contribution in [1.82, 2.24) is 4.98 Å². The molecule has 122 valence electrons. The van der Waals surface area contributed by atoms with E-state index in [-0.39, 0.29) is 12.4 Å². The number of aliphatic hydroxyl groups is 1. The molecule has 23 heavy (non-hydrogen) atoms. The highest BCUT2D eigenvalue weighted by Gasteiger charge is 2.29. The zero-order valence-corrected chi connectivity index (χ0v) is 13.2. The van der Waals surface area contributed by atoms with Crippen LogP contribution in [0.1, 0.15) is 16.8 Å². The van der Waals surface area contributed by atoms with Gasteiger partial charge >= 0.3 is 0 Å². The Morgan fingerprint density at radius 1 is 1.30 bits per heavy atom. The summed E-state index contributed by atoms with van der Waals surface area (Å²) in [7, 11) is 0. The van der Waals surface area contributed by atoms with Gasteiger partial charge in [0.15, 0.2) is 5.82 Å². The van der Waals surface area contributed by atoms with Gasteiger partial charge < -0.3 is 14.7 Å². The van der Waals surface area contributed by atoms with Gasteiger partial charge in [-0.25, -0.2) is 4.39 Å². The monoisotopic (exact) mass is 316 g/mol. The normalized spacial score (nSPS) is 14.8. The third-order valence-corrected chi connectivity index (χ3v) is 4.12. The minimum Gasteiger partial charge on any atom is -0.392 e. The first-order valence-corrected chi connectivity index (χ1v) is 7.80. The van der Waals surface area contributed by atoms with E-state index in [9.17, 15) is 4.39 Å². The topological polar surface area (TPSA) is 45.6 Å². The molecule has 0 spiro atoms. The van der Waals surface area contributed by atoms with Gasteiger partial charge in [-0.15, -0.1) is 0 Å². The molecule has 1 N–H and O–H groups in total. The van der Waals surface area contributed by atoms with Crippen LogP contribution in [0.2, 0.25) is 0 Å². The van der Waals surface area contributed by atoms with Crippen LogP contribution in [0.4, 0.5) is 10.1 Å². The standard InChI is InChI=1S/C18H21FN2O2/c1-13-5-6-14(7-20-13)11-23-12-15-8-21(9-15)17-4-2-3-16(10-22)18(17)19/h2-7,15,22H,8-12H2,1H3. The molecule has 5 heteroatoms. The zero-order valence-electron chi connectivity index (χ0n) is 13.2. The summed E-state index contributed by atoms with van der Waals surface area (Å²) in [6.07, 6.45) is 1.83. The van der Waals surface area contributed by atoms with Crippen LogP contribution in [0.25, 0.3) is 0 Å². The molecule has 1 aromatic carbocycles. The summed E-state index contributed by atoms with van der Waals surface area (Å²) in [6.45, 7) is 4.45. The molecule has 4 nitrogen and oxygen atoms in total. The lowest BCUT2D eigenvalue weighted by Crippen LogP contribution is -2.49. The fourth-order valence-electron chi connectivity index (χ4n) is 2.73. The number of ether oxygens (including phenoxy) is 1. The molecule has 0 amide bonds. The predicted molar refractivity (Wildman–Crippen MR) is 86.7 cm³/mol. The van der Waals surface area contributed by atoms with Crippen molar-refractivity contribution in [3.05, 3.63) is 59.2 Å². The van der Waals surface area contributed by atoms with E-state index in [0.29, 0.717) is 30.4 Å². The van der Waals surface area contributed by atoms with Crippen molar-refractivity contribution in [1.29, 1.82) is 0 Å². The Bertz CT molecular complexity index is 655. The smallest absolute Gasteiger partial charge is 0.151 e. The maximum Gasteiger partial charge on any atom is 0.151 e. The molecule has 0 unspecified atom stereocenters. The lowest BCUT2D eigenvalue weighted by atomic mass is 9.99. The van der Waals surface area contributed by atoms with E-state index in [0.717, 1.165) is 24.3 Å². The Morgan fingerprint density at radius 2 is 2.13 bits per heavy atom. The second-order valence-corrected chi connectivity index (χ2v) is 6.00. The Hall–Kier alpha value is -1.98. The number of benzene rings is 1. The molecule has 1 aliphatic rings. The zero-order chi connectivity index (χ0) is 16.2. The van der Waals surface area contributed by atoms with Gasteiger partial charge in [-0.1, -0.05) is 18.2 Å². The second kappa shape index (κ2) is 7.06. The maximum atomic E-state index is 14.1. The number of pyridine rings is 1. The van der Waals surface area contributed by atoms with E-state index in [2.05, 4.69) is 4.98 Å². The summed E-state index contributed by atoms with van der Waals surface area (Å²) in [5.74, 6) is 0.0886. The fourth-order valence-corrected chi connectivity index (χ4v) is 2.73. The summed E-state index contributed by atoms with van der Waals surface area (Å²) in [5, 5.41) is 9.13. The van der Waals surface area contributed by atoms with Crippen molar-refractivity contribution in [2.75, 3.05) is 24.6 Å². The van der Waals surface area contributed by atoms with Crippen LogP contribution >= 0.6 is 0 Å². The Balaban J connectivity index is 1.45. The van der Waals surface area contributed by atoms with E-state index in [1.807, 2.05) is 30.2 Å². The first kappa shape index (κ1) is 15.9. The first-order chi connectivity index (χ1) is 11.2. The molecule has 0 bridgehead atoms. The molecular formula is C18H21FN2O2. The number of aromatic nitrogens is 1. The van der Waals surface area contributed by atoms with Crippen molar-refractivity contribution in [3.63, 3.8) is 0 Å². The molecular weight excluding hydrogens is 295 g/mol. The number of rotatable bonds is 6. The van der Waals surface area contributed by atoms with E-state index < -0.39 is 0 Å². The van der Waals surface area contributed by atoms with Crippen LogP contribution in [-0.2, 0) is 18.0 Å². The lowest BCUT2D eigenvalue weighted by Gasteiger charge is -2.41. The molecule has 0 radical (unpaired) electrons. The Labute approximate surface area is 135 Å². The molecule has 2 aromatic rings. The lowest BCUT2D eigenvalue weighted by molar-refractivity contribution is 0.0769. The summed E-state index contributed by atoms with van der Waals surface area (Å²) in [4.78, 5) is 6.22. The molecule has 0 atom stereocenters. The molecule has 0 saturated carbocycles. The third kappa shape index (κ3) is 3.68. The van der Waals surface area contributed by atoms with Crippen LogP contribution in [-0.4, -0.2) is 29.8 Å². The van der Waals surface area contributed by atoms with Crippen LogP contribution in [0.15, 0.2) is 36.5 Å². The van der Waals surface area contributed by atoms with Crippen molar-refractivity contribution in [2.45, 2.75) is 20.1 Å². The van der Waals surface area contributed by atoms with Gasteiger partial charge in [0.1, 0.15) is 0 Å². The Morgan fingerprint density at radius 3 is 2.83 bits per heavy atom. The van der Waals surface area contributed by atoms with Crippen molar-refractivity contribution in [2.24, 2.45) is 5.92 Å². The summed E-state index contributed by atoms with van der Waals surface area (Å²) >= 11 is 0. The highest BCUT2D eigenvalue weighted by Crippen LogP contribution is 2.29. The molecule has 1 saturated heterocycles. The van der Waals surface area contributed by atoms with Crippen molar-refractivity contribution < 1.29 is 14.2 Å². The highest BCUT2D eigenvalue weighted by molar-refractivity contribution is 5.52. The van der Waals surface area contributed by atoms with E-state index in [1.165, 1.54) is 0 Å². The number of aliphatic hydroxyl groups excluding tert-OH is 1. The highest BCUT2D eigenvalue weighted by atomic mass is 19.1. The van der Waals surface area contributed by atoms with E-state index in [4.69, 9.17) is 9.84 Å². The number of hydrogen-bond acceptors (Lipinski definition) is 4. The van der Waals surface area contributed by atoms with Gasteiger partial charge in [0, 0.05) is 36.5 Å². The summed E-state index contributed by atoms with van der Waals surface area (Å²) in [5.41, 5.74) is 2.97. The molecule has 1 fully saturated rings. The minimum absolute atomic E-state index is 0.273. The van der Waals surface area contributed by atoms with Crippen LogP contribution in [0.3, 0.4) is 0 Å². The molecule has 1 aliphatic heterocycles. The number of hydrogen-bond donors (Lipinski definition) is 1. The third-order valence-electron chi connectivity index (χ3n) is 4.12. The first-order valence-electron chi connectivity index (χ1n) is 7.80. The van der Waals surface area contributed by atoms with Crippen LogP contribution in [0, 0.1) is 18.7 Å². The van der Waals surface area contributed by atoms with Crippen molar-refractivity contribution >= 4 is 5.69 Å². The number of anilines is 1. The van der Waals surface area contributed by atoms with Crippen molar-refractivity contribution in [3.8, 4) is 0 Å². The van der Waals surface area contributed by atoms with Crippen LogP contribution < -0.4 is 4.90 Å². The average molecular weight is 316 g/mol. The quantitative estimate of drug-likeness (QED) is 0.890. The van der Waals surface area contributed by atoms with Gasteiger partial charge in [0.25, 0.3) is 0 Å². The van der Waals surface area contributed by atoms with Gasteiger partial charge in [0.2, 0.25) is 0 Å². The molecule has 2 heterocycles. The number of aryl methyl sites for hydroxylation is 1. The predicted octanol–water partition coefficient (Wildman–Crippen LogP) is 2.67. The fraction of sp³-hybridized carbons (Fsp3) is 0.389. The number of nitrogens with zero attached hydrogens (tertiary/aromatic N) is 2. The summed E-state index contributed by atoms with van der Waals surface area (Å²) in [6, 6.07) is 9.13. The van der Waals surface area contributed by atoms with Gasteiger partial charge in [0.05, 0.1) is 25.5 Å². The molecule has 3 rings (SSSR count). The van der Waals surface area contributed by atoms with Gasteiger partial charge in [-0.05, 0) is 24.6 Å². The van der Waals surface area contributed by atoms with Gasteiger partial charge in [-0.3, -0.25) is 4.98 Å². The molecule has 0 aliphatic carbocycles. The Kier molecular flexibility index (Phi) is 4.88. The molecule has 1 aromatic heterocycles. The maximum absolute atomic E-state index is 14.1. The van der Waals surface area contributed by atoms with E-state index in [1.54, 1.807) is 18.2 Å². The van der Waals surface area contributed by atoms with E-state index >= 15 is 0 Å².